The van der Waals surface area contributed by atoms with Crippen molar-refractivity contribution in [3.63, 3.8) is 0 Å². The van der Waals surface area contributed by atoms with E-state index in [1.165, 1.54) is 0 Å². The van der Waals surface area contributed by atoms with Gasteiger partial charge in [0.05, 0.1) is 16.1 Å². The van der Waals surface area contributed by atoms with Crippen LogP contribution in [0, 0.1) is 0 Å². The highest BCUT2D eigenvalue weighted by atomic mass is 32.2. The Kier molecular flexibility index (Phi) is 4.59. The van der Waals surface area contributed by atoms with E-state index in [-0.39, 0.29) is 23.6 Å². The van der Waals surface area contributed by atoms with Crippen LogP contribution in [0.1, 0.15) is 41.7 Å². The number of carboxylic acid groups (broad SMARTS) is 1. The average molecular weight is 303 g/mol. The summed E-state index contributed by atoms with van der Waals surface area (Å²) in [7, 11) is -3.32. The molecule has 1 rings (SSSR count). The van der Waals surface area contributed by atoms with Crippen LogP contribution in [-0.4, -0.2) is 42.4 Å². The molecule has 8 heteroatoms. The van der Waals surface area contributed by atoms with E-state index >= 15 is 0 Å². The van der Waals surface area contributed by atoms with Gasteiger partial charge in [-0.3, -0.25) is 4.79 Å². The number of hydrogen-bond acceptors (Lipinski definition) is 5. The second-order valence-electron chi connectivity index (χ2n) is 5.19. The number of sulfone groups is 1. The molecule has 0 saturated carbocycles. The first-order valence-electron chi connectivity index (χ1n) is 5.87. The van der Waals surface area contributed by atoms with Gasteiger partial charge in [0.15, 0.2) is 15.6 Å². The molecule has 0 unspecified atom stereocenters. The Morgan fingerprint density at radius 2 is 1.95 bits per heavy atom. The van der Waals surface area contributed by atoms with E-state index in [0.29, 0.717) is 0 Å². The Labute approximate surface area is 116 Å². The highest BCUT2D eigenvalue weighted by Gasteiger charge is 2.28. The first kappa shape index (κ1) is 16.2. The number of carboxylic acids is 1. The Morgan fingerprint density at radius 1 is 1.35 bits per heavy atom. The molecular formula is C12H17NO6S. The molecule has 1 aromatic rings. The number of amides is 1. The summed E-state index contributed by atoms with van der Waals surface area (Å²) in [6, 6.07) is 1.08. The van der Waals surface area contributed by atoms with Gasteiger partial charge in [0.2, 0.25) is 0 Å². The van der Waals surface area contributed by atoms with Gasteiger partial charge in [0, 0.05) is 12.6 Å². The molecule has 1 heterocycles. The SMILES string of the molecule is CC(C)(C)S(=O)(=O)CCNC(=O)c1cc(C(=O)O)co1. The van der Waals surface area contributed by atoms with Gasteiger partial charge in [0.25, 0.3) is 5.91 Å². The smallest absolute Gasteiger partial charge is 0.338 e. The molecule has 2 N–H and O–H groups in total. The summed E-state index contributed by atoms with van der Waals surface area (Å²) in [6.45, 7) is 4.67. The number of aromatic carboxylic acids is 1. The Morgan fingerprint density at radius 3 is 2.40 bits per heavy atom. The molecule has 1 amide bonds. The highest BCUT2D eigenvalue weighted by molar-refractivity contribution is 7.92. The average Bonchev–Trinajstić information content (AvgIpc) is 2.76. The van der Waals surface area contributed by atoms with Crippen molar-refractivity contribution in [1.82, 2.24) is 5.32 Å². The minimum absolute atomic E-state index is 0.0679. The maximum Gasteiger partial charge on any atom is 0.338 e. The van der Waals surface area contributed by atoms with Crippen LogP contribution in [0.25, 0.3) is 0 Å². The van der Waals surface area contributed by atoms with Crippen molar-refractivity contribution in [3.8, 4) is 0 Å². The van der Waals surface area contributed by atoms with Gasteiger partial charge in [-0.1, -0.05) is 0 Å². The second kappa shape index (κ2) is 5.66. The molecule has 0 aromatic carbocycles. The number of furan rings is 1. The van der Waals surface area contributed by atoms with Crippen molar-refractivity contribution in [2.45, 2.75) is 25.5 Å². The van der Waals surface area contributed by atoms with Crippen LogP contribution in [0.3, 0.4) is 0 Å². The van der Waals surface area contributed by atoms with E-state index in [0.717, 1.165) is 12.3 Å². The first-order chi connectivity index (χ1) is 9.04. The number of carbonyl (C=O) groups excluding carboxylic acids is 1. The predicted molar refractivity (Wildman–Crippen MR) is 71.5 cm³/mol. The molecule has 0 atom stereocenters. The van der Waals surface area contributed by atoms with E-state index in [1.807, 2.05) is 0 Å². The maximum atomic E-state index is 11.8. The van der Waals surface area contributed by atoms with Crippen LogP contribution in [-0.2, 0) is 9.84 Å². The lowest BCUT2D eigenvalue weighted by Crippen LogP contribution is -2.36. The predicted octanol–water partition coefficient (Wildman–Crippen LogP) is 0.921. The first-order valence-corrected chi connectivity index (χ1v) is 7.52. The molecule has 0 radical (unpaired) electrons. The largest absolute Gasteiger partial charge is 0.478 e. The molecule has 1 aromatic heterocycles. The monoisotopic (exact) mass is 303 g/mol. The normalized spacial score (nSPS) is 12.2. The summed E-state index contributed by atoms with van der Waals surface area (Å²) in [4.78, 5) is 22.2. The van der Waals surface area contributed by atoms with Gasteiger partial charge >= 0.3 is 5.97 Å². The van der Waals surface area contributed by atoms with Crippen molar-refractivity contribution in [2.75, 3.05) is 12.3 Å². The van der Waals surface area contributed by atoms with Gasteiger partial charge in [-0.2, -0.15) is 0 Å². The minimum atomic E-state index is -3.32. The third-order valence-electron chi connectivity index (χ3n) is 2.66. The summed E-state index contributed by atoms with van der Waals surface area (Å²) >= 11 is 0. The summed E-state index contributed by atoms with van der Waals surface area (Å²) in [5.41, 5.74) is -0.141. The van der Waals surface area contributed by atoms with Crippen LogP contribution < -0.4 is 5.32 Å². The third-order valence-corrected chi connectivity index (χ3v) is 5.27. The van der Waals surface area contributed by atoms with Crippen molar-refractivity contribution < 1.29 is 27.5 Å². The van der Waals surface area contributed by atoms with Crippen LogP contribution >= 0.6 is 0 Å². The third kappa shape index (κ3) is 3.83. The lowest BCUT2D eigenvalue weighted by atomic mass is 10.3. The molecule has 7 nitrogen and oxygen atoms in total. The van der Waals surface area contributed by atoms with Crippen molar-refractivity contribution >= 4 is 21.7 Å². The molecule has 0 spiro atoms. The molecule has 0 bridgehead atoms. The zero-order valence-corrected chi connectivity index (χ0v) is 12.3. The molecule has 112 valence electrons. The van der Waals surface area contributed by atoms with Crippen molar-refractivity contribution in [2.24, 2.45) is 0 Å². The maximum absolute atomic E-state index is 11.8. The summed E-state index contributed by atoms with van der Waals surface area (Å²) in [5, 5.41) is 11.1. The summed E-state index contributed by atoms with van der Waals surface area (Å²) < 4.78 is 27.5. The van der Waals surface area contributed by atoms with Crippen LogP contribution in [0.15, 0.2) is 16.7 Å². The lowest BCUT2D eigenvalue weighted by molar-refractivity contribution is 0.0695. The van der Waals surface area contributed by atoms with Crippen LogP contribution in [0.4, 0.5) is 0 Å². The van der Waals surface area contributed by atoms with E-state index in [4.69, 9.17) is 9.52 Å². The Bertz CT molecular complexity index is 608. The standard InChI is InChI=1S/C12H17NO6S/c1-12(2,3)20(17,18)5-4-13-10(14)9-6-8(7-19-9)11(15)16/h6-7H,4-5H2,1-3H3,(H,13,14)(H,15,16). The summed E-state index contributed by atoms with van der Waals surface area (Å²) in [5.74, 6) is -2.23. The number of rotatable bonds is 5. The Balaban J connectivity index is 2.58. The van der Waals surface area contributed by atoms with Gasteiger partial charge in [0.1, 0.15) is 6.26 Å². The second-order valence-corrected chi connectivity index (χ2v) is 8.05. The molecule has 0 aliphatic rings. The highest BCUT2D eigenvalue weighted by Crippen LogP contribution is 2.15. The van der Waals surface area contributed by atoms with Crippen LogP contribution in [0.5, 0.6) is 0 Å². The zero-order valence-electron chi connectivity index (χ0n) is 11.5. The molecular weight excluding hydrogens is 286 g/mol. The quantitative estimate of drug-likeness (QED) is 0.836. The van der Waals surface area contributed by atoms with Gasteiger partial charge in [-0.25, -0.2) is 13.2 Å². The van der Waals surface area contributed by atoms with Gasteiger partial charge in [-0.05, 0) is 20.8 Å². The number of carbonyl (C=O) groups is 2. The zero-order chi connectivity index (χ0) is 15.6. The fraction of sp³-hybridized carbons (Fsp3) is 0.500. The van der Waals surface area contributed by atoms with E-state index in [1.54, 1.807) is 20.8 Å². The number of nitrogens with one attached hydrogen (secondary N) is 1. The van der Waals surface area contributed by atoms with Crippen molar-refractivity contribution in [3.05, 3.63) is 23.7 Å². The topological polar surface area (TPSA) is 114 Å². The molecule has 0 aliphatic carbocycles. The molecule has 0 aliphatic heterocycles. The van der Waals surface area contributed by atoms with Gasteiger partial charge < -0.3 is 14.8 Å². The van der Waals surface area contributed by atoms with E-state index in [9.17, 15) is 18.0 Å². The minimum Gasteiger partial charge on any atom is -0.478 e. The fourth-order valence-electron chi connectivity index (χ4n) is 1.26. The molecule has 0 fully saturated rings. The van der Waals surface area contributed by atoms with Crippen LogP contribution in [0.2, 0.25) is 0 Å². The molecule has 20 heavy (non-hydrogen) atoms. The Hall–Kier alpha value is -1.83. The summed E-state index contributed by atoms with van der Waals surface area (Å²) in [6.07, 6.45) is 0.948. The lowest BCUT2D eigenvalue weighted by Gasteiger charge is -2.18. The van der Waals surface area contributed by atoms with Gasteiger partial charge in [-0.15, -0.1) is 0 Å². The van der Waals surface area contributed by atoms with E-state index in [2.05, 4.69) is 5.32 Å². The fourth-order valence-corrected chi connectivity index (χ4v) is 2.24. The molecule has 0 saturated heterocycles. The van der Waals surface area contributed by atoms with E-state index < -0.39 is 26.5 Å². The number of hydrogen-bond donors (Lipinski definition) is 2. The van der Waals surface area contributed by atoms with Crippen molar-refractivity contribution in [1.29, 1.82) is 0 Å².